The van der Waals surface area contributed by atoms with Crippen LogP contribution in [0.15, 0.2) is 6.33 Å². The molecule has 1 aliphatic carbocycles. The van der Waals surface area contributed by atoms with E-state index in [2.05, 4.69) is 10.2 Å². The van der Waals surface area contributed by atoms with E-state index in [1.165, 1.54) is 6.33 Å². The second-order valence-corrected chi connectivity index (χ2v) is 4.20. The molecule has 0 radical (unpaired) electrons. The van der Waals surface area contributed by atoms with Crippen LogP contribution in [0.2, 0.25) is 0 Å². The van der Waals surface area contributed by atoms with Gasteiger partial charge in [0.25, 0.3) is 0 Å². The molecular weight excluding hydrogens is 182 g/mol. The molecule has 14 heavy (non-hydrogen) atoms. The highest BCUT2D eigenvalue weighted by molar-refractivity contribution is 5.75. The summed E-state index contributed by atoms with van der Waals surface area (Å²) in [6, 6.07) is 0. The van der Waals surface area contributed by atoms with Gasteiger partial charge in [-0.05, 0) is 26.7 Å². The third kappa shape index (κ3) is 1.29. The van der Waals surface area contributed by atoms with Crippen LogP contribution in [0.3, 0.4) is 0 Å². The van der Waals surface area contributed by atoms with E-state index in [4.69, 9.17) is 5.11 Å². The lowest BCUT2D eigenvalue weighted by Crippen LogP contribution is -2.36. The zero-order chi connectivity index (χ0) is 10.3. The monoisotopic (exact) mass is 195 g/mol. The molecule has 1 fully saturated rings. The van der Waals surface area contributed by atoms with Crippen molar-refractivity contribution in [2.45, 2.75) is 38.1 Å². The predicted molar refractivity (Wildman–Crippen MR) is 49.0 cm³/mol. The van der Waals surface area contributed by atoms with Crippen molar-refractivity contribution in [3.8, 4) is 0 Å². The quantitative estimate of drug-likeness (QED) is 0.780. The third-order valence-electron chi connectivity index (χ3n) is 2.64. The molecule has 0 amide bonds. The van der Waals surface area contributed by atoms with Crippen LogP contribution < -0.4 is 0 Å². The number of aromatic nitrogens is 3. The van der Waals surface area contributed by atoms with Crippen LogP contribution in [0.1, 0.15) is 38.4 Å². The summed E-state index contributed by atoms with van der Waals surface area (Å²) in [4.78, 5) is 11.0. The average Bonchev–Trinajstić information content (AvgIpc) is 2.83. The first-order valence-corrected chi connectivity index (χ1v) is 4.67. The van der Waals surface area contributed by atoms with Crippen LogP contribution in [-0.4, -0.2) is 25.8 Å². The lowest BCUT2D eigenvalue weighted by atomic mass is 10.1. The number of carboxylic acids is 1. The molecule has 0 aliphatic heterocycles. The maximum Gasteiger partial charge on any atom is 0.329 e. The van der Waals surface area contributed by atoms with Gasteiger partial charge in [-0.2, -0.15) is 0 Å². The first kappa shape index (κ1) is 9.18. The van der Waals surface area contributed by atoms with Gasteiger partial charge < -0.3 is 9.67 Å². The van der Waals surface area contributed by atoms with Crippen molar-refractivity contribution in [1.82, 2.24) is 14.8 Å². The Morgan fingerprint density at radius 3 is 2.79 bits per heavy atom. The average molecular weight is 195 g/mol. The second-order valence-electron chi connectivity index (χ2n) is 4.20. The van der Waals surface area contributed by atoms with Crippen molar-refractivity contribution >= 4 is 5.97 Å². The van der Waals surface area contributed by atoms with E-state index in [0.717, 1.165) is 18.7 Å². The Labute approximate surface area is 81.8 Å². The molecule has 0 saturated heterocycles. The smallest absolute Gasteiger partial charge is 0.329 e. The molecule has 0 bridgehead atoms. The first-order valence-electron chi connectivity index (χ1n) is 4.67. The molecule has 0 spiro atoms. The molecule has 0 unspecified atom stereocenters. The summed E-state index contributed by atoms with van der Waals surface area (Å²) >= 11 is 0. The first-order chi connectivity index (χ1) is 6.53. The molecule has 1 aromatic heterocycles. The molecule has 1 aliphatic rings. The van der Waals surface area contributed by atoms with Gasteiger partial charge >= 0.3 is 5.97 Å². The van der Waals surface area contributed by atoms with E-state index in [9.17, 15) is 4.79 Å². The highest BCUT2D eigenvalue weighted by Crippen LogP contribution is 2.40. The van der Waals surface area contributed by atoms with Crippen molar-refractivity contribution in [3.63, 3.8) is 0 Å². The Kier molecular flexibility index (Phi) is 1.83. The van der Waals surface area contributed by atoms with E-state index in [1.54, 1.807) is 18.4 Å². The number of rotatable bonds is 3. The number of nitrogens with zero attached hydrogens (tertiary/aromatic N) is 3. The largest absolute Gasteiger partial charge is 0.480 e. The molecule has 1 heterocycles. The number of carboxylic acid groups (broad SMARTS) is 1. The molecule has 0 atom stereocenters. The standard InChI is InChI=1S/C9H13N3O2/c1-9(2,8(13)14)12-5-10-11-7(12)6-3-4-6/h5-6H,3-4H2,1-2H3,(H,13,14). The van der Waals surface area contributed by atoms with E-state index < -0.39 is 11.5 Å². The highest BCUT2D eigenvalue weighted by Gasteiger charge is 2.37. The van der Waals surface area contributed by atoms with Gasteiger partial charge in [-0.3, -0.25) is 0 Å². The molecular formula is C9H13N3O2. The minimum absolute atomic E-state index is 0.413. The van der Waals surface area contributed by atoms with Crippen LogP contribution in [0.5, 0.6) is 0 Å². The molecule has 5 nitrogen and oxygen atoms in total. The summed E-state index contributed by atoms with van der Waals surface area (Å²) in [5.74, 6) is 0.354. The normalized spacial score (nSPS) is 17.0. The SMILES string of the molecule is CC(C)(C(=O)O)n1cnnc1C1CC1. The zero-order valence-electron chi connectivity index (χ0n) is 8.27. The molecule has 76 valence electrons. The summed E-state index contributed by atoms with van der Waals surface area (Å²) in [6.45, 7) is 3.31. The summed E-state index contributed by atoms with van der Waals surface area (Å²) in [6.07, 6.45) is 3.69. The summed E-state index contributed by atoms with van der Waals surface area (Å²) in [5.41, 5.74) is -0.957. The van der Waals surface area contributed by atoms with Gasteiger partial charge in [-0.25, -0.2) is 4.79 Å². The predicted octanol–water partition coefficient (Wildman–Crippen LogP) is 0.975. The van der Waals surface area contributed by atoms with Gasteiger partial charge in [-0.1, -0.05) is 0 Å². The maximum atomic E-state index is 11.0. The van der Waals surface area contributed by atoms with Crippen molar-refractivity contribution in [2.75, 3.05) is 0 Å². The van der Waals surface area contributed by atoms with E-state index in [1.807, 2.05) is 0 Å². The fourth-order valence-electron chi connectivity index (χ4n) is 1.40. The molecule has 1 N–H and O–H groups in total. The highest BCUT2D eigenvalue weighted by atomic mass is 16.4. The van der Waals surface area contributed by atoms with Crippen molar-refractivity contribution < 1.29 is 9.90 Å². The second kappa shape index (κ2) is 2.80. The van der Waals surface area contributed by atoms with Gasteiger partial charge in [0.05, 0.1) is 0 Å². The number of hydrogen-bond donors (Lipinski definition) is 1. The van der Waals surface area contributed by atoms with Crippen LogP contribution in [-0.2, 0) is 10.3 Å². The Balaban J connectivity index is 2.39. The Morgan fingerprint density at radius 2 is 2.29 bits per heavy atom. The lowest BCUT2D eigenvalue weighted by molar-refractivity contribution is -0.145. The van der Waals surface area contributed by atoms with Crippen molar-refractivity contribution in [2.24, 2.45) is 0 Å². The third-order valence-corrected chi connectivity index (χ3v) is 2.64. The van der Waals surface area contributed by atoms with Crippen LogP contribution in [0.4, 0.5) is 0 Å². The summed E-state index contributed by atoms with van der Waals surface area (Å²) in [5, 5.41) is 16.8. The minimum atomic E-state index is -0.957. The molecule has 1 saturated carbocycles. The van der Waals surface area contributed by atoms with Gasteiger partial charge in [0.1, 0.15) is 17.7 Å². The molecule has 0 aromatic carbocycles. The lowest BCUT2D eigenvalue weighted by Gasteiger charge is -2.22. The van der Waals surface area contributed by atoms with Gasteiger partial charge in [0.2, 0.25) is 0 Å². The fourth-order valence-corrected chi connectivity index (χ4v) is 1.40. The van der Waals surface area contributed by atoms with Crippen LogP contribution in [0, 0.1) is 0 Å². The Bertz CT molecular complexity index is 366. The number of aliphatic carboxylic acids is 1. The molecule has 5 heteroatoms. The summed E-state index contributed by atoms with van der Waals surface area (Å²) < 4.78 is 1.66. The Hall–Kier alpha value is -1.39. The molecule has 1 aromatic rings. The van der Waals surface area contributed by atoms with Gasteiger partial charge in [0.15, 0.2) is 0 Å². The van der Waals surface area contributed by atoms with Crippen LogP contribution >= 0.6 is 0 Å². The van der Waals surface area contributed by atoms with E-state index >= 15 is 0 Å². The number of hydrogen-bond acceptors (Lipinski definition) is 3. The Morgan fingerprint density at radius 1 is 1.64 bits per heavy atom. The summed E-state index contributed by atoms with van der Waals surface area (Å²) in [7, 11) is 0. The van der Waals surface area contributed by atoms with E-state index in [0.29, 0.717) is 5.92 Å². The zero-order valence-corrected chi connectivity index (χ0v) is 8.27. The van der Waals surface area contributed by atoms with Crippen LogP contribution in [0.25, 0.3) is 0 Å². The van der Waals surface area contributed by atoms with Crippen molar-refractivity contribution in [1.29, 1.82) is 0 Å². The fraction of sp³-hybridized carbons (Fsp3) is 0.667. The topological polar surface area (TPSA) is 68.0 Å². The van der Waals surface area contributed by atoms with Crippen molar-refractivity contribution in [3.05, 3.63) is 12.2 Å². The maximum absolute atomic E-state index is 11.0. The van der Waals surface area contributed by atoms with Gasteiger partial charge in [-0.15, -0.1) is 10.2 Å². The molecule has 2 rings (SSSR count). The van der Waals surface area contributed by atoms with E-state index in [-0.39, 0.29) is 0 Å². The minimum Gasteiger partial charge on any atom is -0.480 e. The van der Waals surface area contributed by atoms with Gasteiger partial charge in [0, 0.05) is 5.92 Å². The number of carbonyl (C=O) groups is 1.